The van der Waals surface area contributed by atoms with E-state index in [1.165, 1.54) is 0 Å². The van der Waals surface area contributed by atoms with E-state index in [2.05, 4.69) is 10.3 Å². The number of aliphatic hydroxyl groups excluding tert-OH is 1. The number of aliphatic hydroxyl groups is 1. The summed E-state index contributed by atoms with van der Waals surface area (Å²) in [7, 11) is 0. The molecule has 2 rings (SSSR count). The van der Waals surface area contributed by atoms with Crippen LogP contribution in [0.15, 0.2) is 35.4 Å². The van der Waals surface area contributed by atoms with Gasteiger partial charge in [0.25, 0.3) is 0 Å². The lowest BCUT2D eigenvalue weighted by Crippen LogP contribution is -2.26. The molecular formula is C16H19ClN2O2S. The van der Waals surface area contributed by atoms with Crippen molar-refractivity contribution in [2.75, 3.05) is 12.3 Å². The summed E-state index contributed by atoms with van der Waals surface area (Å²) in [5.74, 6) is 0.706. The predicted octanol–water partition coefficient (Wildman–Crippen LogP) is 3.26. The fourth-order valence-electron chi connectivity index (χ4n) is 1.98. The van der Waals surface area contributed by atoms with Gasteiger partial charge in [-0.1, -0.05) is 17.7 Å². The normalized spacial score (nSPS) is 12.3. The van der Waals surface area contributed by atoms with Crippen molar-refractivity contribution in [1.82, 2.24) is 10.3 Å². The van der Waals surface area contributed by atoms with Crippen LogP contribution in [0.2, 0.25) is 5.02 Å². The van der Waals surface area contributed by atoms with Crippen molar-refractivity contribution in [3.63, 3.8) is 0 Å². The number of nitrogens with one attached hydrogen (secondary N) is 1. The third kappa shape index (κ3) is 5.16. The van der Waals surface area contributed by atoms with Crippen molar-refractivity contribution in [3.8, 4) is 0 Å². The molecule has 0 saturated carbocycles. The molecular weight excluding hydrogens is 320 g/mol. The second-order valence-electron chi connectivity index (χ2n) is 5.06. The molecule has 1 amide bonds. The molecule has 0 aliphatic heterocycles. The van der Waals surface area contributed by atoms with Gasteiger partial charge in [-0.2, -0.15) is 0 Å². The number of rotatable bonds is 7. The van der Waals surface area contributed by atoms with Gasteiger partial charge in [-0.3, -0.25) is 9.78 Å². The molecule has 4 nitrogen and oxygen atoms in total. The molecule has 1 atom stereocenters. The number of hydrogen-bond acceptors (Lipinski definition) is 4. The number of hydrogen-bond donors (Lipinski definition) is 2. The number of nitrogens with zero attached hydrogens (tertiary/aromatic N) is 1. The molecule has 0 spiro atoms. The fraction of sp³-hybridized carbons (Fsp3) is 0.375. The molecule has 1 aromatic carbocycles. The minimum atomic E-state index is -0.385. The van der Waals surface area contributed by atoms with Gasteiger partial charge >= 0.3 is 0 Å². The quantitative estimate of drug-likeness (QED) is 0.761. The zero-order chi connectivity index (χ0) is 15.9. The first-order valence-electron chi connectivity index (χ1n) is 7.18. The van der Waals surface area contributed by atoms with Gasteiger partial charge in [-0.15, -0.1) is 11.8 Å². The van der Waals surface area contributed by atoms with Gasteiger partial charge in [0.05, 0.1) is 11.6 Å². The summed E-state index contributed by atoms with van der Waals surface area (Å²) in [6.45, 7) is 2.22. The zero-order valence-electron chi connectivity index (χ0n) is 12.4. The van der Waals surface area contributed by atoms with Gasteiger partial charge in [-0.05, 0) is 31.5 Å². The third-order valence-corrected chi connectivity index (χ3v) is 4.45. The van der Waals surface area contributed by atoms with Crippen molar-refractivity contribution in [1.29, 1.82) is 0 Å². The van der Waals surface area contributed by atoms with Gasteiger partial charge in [0.15, 0.2) is 0 Å². The van der Waals surface area contributed by atoms with Crippen LogP contribution in [0.3, 0.4) is 0 Å². The highest BCUT2D eigenvalue weighted by atomic mass is 35.5. The van der Waals surface area contributed by atoms with Crippen molar-refractivity contribution in [2.24, 2.45) is 0 Å². The van der Waals surface area contributed by atoms with E-state index in [0.29, 0.717) is 30.2 Å². The number of carbonyl (C=O) groups is 1. The molecule has 118 valence electrons. The zero-order valence-corrected chi connectivity index (χ0v) is 14.0. The van der Waals surface area contributed by atoms with Crippen LogP contribution in [0, 0.1) is 0 Å². The van der Waals surface area contributed by atoms with Crippen molar-refractivity contribution in [3.05, 3.63) is 35.5 Å². The van der Waals surface area contributed by atoms with E-state index < -0.39 is 0 Å². The maximum Gasteiger partial charge on any atom is 0.220 e. The highest BCUT2D eigenvalue weighted by Gasteiger charge is 2.06. The average Bonchev–Trinajstić information content (AvgIpc) is 2.46. The van der Waals surface area contributed by atoms with E-state index in [1.54, 1.807) is 24.9 Å². The summed E-state index contributed by atoms with van der Waals surface area (Å²) >= 11 is 7.60. The summed E-state index contributed by atoms with van der Waals surface area (Å²) in [6.07, 6.45) is 2.39. The highest BCUT2D eigenvalue weighted by molar-refractivity contribution is 7.99. The second kappa shape index (κ2) is 8.36. The maximum atomic E-state index is 11.7. The van der Waals surface area contributed by atoms with Crippen LogP contribution in [-0.4, -0.2) is 34.4 Å². The van der Waals surface area contributed by atoms with Crippen molar-refractivity contribution >= 4 is 40.2 Å². The molecule has 0 bridgehead atoms. The monoisotopic (exact) mass is 338 g/mol. The Labute approximate surface area is 139 Å². The van der Waals surface area contributed by atoms with E-state index in [4.69, 9.17) is 16.7 Å². The Morgan fingerprint density at radius 1 is 1.45 bits per heavy atom. The number of pyridine rings is 1. The van der Waals surface area contributed by atoms with Crippen LogP contribution in [0.25, 0.3) is 10.9 Å². The summed E-state index contributed by atoms with van der Waals surface area (Å²) in [5.41, 5.74) is 0.860. The predicted molar refractivity (Wildman–Crippen MR) is 91.4 cm³/mol. The smallest absolute Gasteiger partial charge is 0.220 e. The minimum Gasteiger partial charge on any atom is -0.393 e. The molecule has 1 heterocycles. The maximum absolute atomic E-state index is 11.7. The first kappa shape index (κ1) is 17.1. The summed E-state index contributed by atoms with van der Waals surface area (Å²) in [4.78, 5) is 17.1. The SMILES string of the molecule is CC(O)CCNC(=O)CCSc1ccnc2cc(Cl)ccc12. The van der Waals surface area contributed by atoms with E-state index in [9.17, 15) is 4.79 Å². The van der Waals surface area contributed by atoms with E-state index in [0.717, 1.165) is 15.8 Å². The number of aromatic nitrogens is 1. The Morgan fingerprint density at radius 3 is 3.05 bits per heavy atom. The topological polar surface area (TPSA) is 62.2 Å². The van der Waals surface area contributed by atoms with Gasteiger partial charge < -0.3 is 10.4 Å². The third-order valence-electron chi connectivity index (χ3n) is 3.14. The Morgan fingerprint density at radius 2 is 2.27 bits per heavy atom. The standard InChI is InChI=1S/C16H19ClN2O2S/c1-11(20)4-7-19-16(21)6-9-22-15-5-8-18-14-10-12(17)2-3-13(14)15/h2-3,5,8,10-11,20H,4,6-7,9H2,1H3,(H,19,21). The van der Waals surface area contributed by atoms with Gasteiger partial charge in [0, 0.05) is 40.2 Å². The van der Waals surface area contributed by atoms with Gasteiger partial charge in [0.1, 0.15) is 0 Å². The van der Waals surface area contributed by atoms with Crippen LogP contribution in [0.1, 0.15) is 19.8 Å². The Hall–Kier alpha value is -1.30. The largest absolute Gasteiger partial charge is 0.393 e. The van der Waals surface area contributed by atoms with Gasteiger partial charge in [-0.25, -0.2) is 0 Å². The Kier molecular flexibility index (Phi) is 6.49. The second-order valence-corrected chi connectivity index (χ2v) is 6.63. The number of fused-ring (bicyclic) bond motifs is 1. The molecule has 0 aliphatic carbocycles. The van der Waals surface area contributed by atoms with E-state index in [-0.39, 0.29) is 12.0 Å². The van der Waals surface area contributed by atoms with Crippen LogP contribution in [0.4, 0.5) is 0 Å². The molecule has 0 radical (unpaired) electrons. The van der Waals surface area contributed by atoms with Crippen LogP contribution < -0.4 is 5.32 Å². The number of halogens is 1. The molecule has 22 heavy (non-hydrogen) atoms. The Bertz CT molecular complexity index is 649. The number of benzene rings is 1. The molecule has 0 fully saturated rings. The lowest BCUT2D eigenvalue weighted by molar-refractivity contribution is -0.120. The van der Waals surface area contributed by atoms with Crippen LogP contribution >= 0.6 is 23.4 Å². The van der Waals surface area contributed by atoms with Crippen molar-refractivity contribution < 1.29 is 9.90 Å². The summed E-state index contributed by atoms with van der Waals surface area (Å²) < 4.78 is 0. The van der Waals surface area contributed by atoms with Crippen LogP contribution in [0.5, 0.6) is 0 Å². The number of thioether (sulfide) groups is 1. The number of amides is 1. The lowest BCUT2D eigenvalue weighted by Gasteiger charge is -2.08. The van der Waals surface area contributed by atoms with Crippen molar-refractivity contribution in [2.45, 2.75) is 30.8 Å². The highest BCUT2D eigenvalue weighted by Crippen LogP contribution is 2.28. The minimum absolute atomic E-state index is 0.00885. The summed E-state index contributed by atoms with van der Waals surface area (Å²) in [6, 6.07) is 7.59. The number of carbonyl (C=O) groups excluding carboxylic acids is 1. The molecule has 6 heteroatoms. The van der Waals surface area contributed by atoms with Crippen LogP contribution in [-0.2, 0) is 4.79 Å². The molecule has 1 aromatic heterocycles. The first-order valence-corrected chi connectivity index (χ1v) is 8.54. The Balaban J connectivity index is 1.86. The van der Waals surface area contributed by atoms with Gasteiger partial charge in [0.2, 0.25) is 5.91 Å². The lowest BCUT2D eigenvalue weighted by atomic mass is 10.2. The molecule has 2 aromatic rings. The molecule has 1 unspecified atom stereocenters. The molecule has 0 saturated heterocycles. The fourth-order valence-corrected chi connectivity index (χ4v) is 3.14. The summed E-state index contributed by atoms with van der Waals surface area (Å²) in [5, 5.41) is 13.7. The average molecular weight is 339 g/mol. The van der Waals surface area contributed by atoms with E-state index in [1.807, 2.05) is 24.3 Å². The molecule has 0 aliphatic rings. The van der Waals surface area contributed by atoms with E-state index >= 15 is 0 Å². The first-order chi connectivity index (χ1) is 10.6. The molecule has 2 N–H and O–H groups in total.